The zero-order valence-corrected chi connectivity index (χ0v) is 15.4. The van der Waals surface area contributed by atoms with Crippen molar-refractivity contribution in [1.29, 1.82) is 0 Å². The van der Waals surface area contributed by atoms with Crippen LogP contribution in [0.3, 0.4) is 0 Å². The number of aromatic nitrogens is 2. The largest absolute Gasteiger partial charge is 0.299 e. The first-order valence-electron chi connectivity index (χ1n) is 9.53. The van der Waals surface area contributed by atoms with Gasteiger partial charge in [-0.05, 0) is 18.8 Å². The number of benzene rings is 1. The molecule has 0 amide bonds. The molecule has 1 aliphatic carbocycles. The Morgan fingerprint density at radius 2 is 1.88 bits per heavy atom. The topological polar surface area (TPSA) is 42.9 Å². The maximum absolute atomic E-state index is 12.7. The van der Waals surface area contributed by atoms with Gasteiger partial charge in [0, 0.05) is 30.2 Å². The smallest absolute Gasteiger partial charge is 0.137 e. The van der Waals surface area contributed by atoms with Gasteiger partial charge in [-0.25, -0.2) is 9.97 Å². The monoisotopic (exact) mass is 336 g/mol. The third-order valence-electron chi connectivity index (χ3n) is 5.42. The molecule has 3 nitrogen and oxygen atoms in total. The second-order valence-corrected chi connectivity index (χ2v) is 7.45. The SMILES string of the molecule is Cc1ncc(CC(=O)C[C@@H](C)C2CCCCC2)c(-c2ccccc2)n1. The van der Waals surface area contributed by atoms with Gasteiger partial charge in [-0.15, -0.1) is 0 Å². The van der Waals surface area contributed by atoms with Gasteiger partial charge in [0.05, 0.1) is 5.69 Å². The van der Waals surface area contributed by atoms with Crippen molar-refractivity contribution in [2.75, 3.05) is 0 Å². The molecule has 0 unspecified atom stereocenters. The highest BCUT2D eigenvalue weighted by Gasteiger charge is 2.22. The highest BCUT2D eigenvalue weighted by atomic mass is 16.1. The van der Waals surface area contributed by atoms with Gasteiger partial charge in [0.15, 0.2) is 0 Å². The molecule has 0 N–H and O–H groups in total. The molecule has 132 valence electrons. The van der Waals surface area contributed by atoms with Crippen molar-refractivity contribution in [2.45, 2.75) is 58.8 Å². The minimum absolute atomic E-state index is 0.308. The number of hydrogen-bond donors (Lipinski definition) is 0. The zero-order valence-electron chi connectivity index (χ0n) is 15.4. The molecule has 1 aliphatic rings. The number of nitrogens with zero attached hydrogens (tertiary/aromatic N) is 2. The number of rotatable bonds is 6. The first-order chi connectivity index (χ1) is 12.1. The zero-order chi connectivity index (χ0) is 17.6. The summed E-state index contributed by atoms with van der Waals surface area (Å²) < 4.78 is 0. The summed E-state index contributed by atoms with van der Waals surface area (Å²) in [4.78, 5) is 21.6. The average molecular weight is 336 g/mol. The fourth-order valence-electron chi connectivity index (χ4n) is 3.98. The van der Waals surface area contributed by atoms with Crippen molar-refractivity contribution in [3.63, 3.8) is 0 Å². The lowest BCUT2D eigenvalue weighted by molar-refractivity contribution is -0.119. The molecule has 0 saturated heterocycles. The summed E-state index contributed by atoms with van der Waals surface area (Å²) in [6.07, 6.45) is 9.52. The van der Waals surface area contributed by atoms with Gasteiger partial charge in [0.25, 0.3) is 0 Å². The van der Waals surface area contributed by atoms with Crippen LogP contribution < -0.4 is 0 Å². The summed E-state index contributed by atoms with van der Waals surface area (Å²) in [6.45, 7) is 4.14. The number of carbonyl (C=O) groups excluding carboxylic acids is 1. The Morgan fingerprint density at radius 3 is 2.60 bits per heavy atom. The van der Waals surface area contributed by atoms with E-state index in [-0.39, 0.29) is 0 Å². The van der Waals surface area contributed by atoms with Crippen LogP contribution in [0.15, 0.2) is 36.5 Å². The summed E-state index contributed by atoms with van der Waals surface area (Å²) >= 11 is 0. The number of ketones is 1. The molecule has 1 aromatic carbocycles. The first-order valence-corrected chi connectivity index (χ1v) is 9.53. The standard InChI is InChI=1S/C22H28N2O/c1-16(18-9-5-3-6-10-18)13-21(25)14-20-15-23-17(2)24-22(20)19-11-7-4-8-12-19/h4,7-8,11-12,15-16,18H,3,5-6,9-10,13-14H2,1-2H3/t16-/m1/s1. The van der Waals surface area contributed by atoms with E-state index in [0.29, 0.717) is 24.5 Å². The van der Waals surface area contributed by atoms with E-state index in [1.54, 1.807) is 0 Å². The third-order valence-corrected chi connectivity index (χ3v) is 5.42. The molecule has 2 aromatic rings. The van der Waals surface area contributed by atoms with Gasteiger partial charge in [-0.1, -0.05) is 69.4 Å². The van der Waals surface area contributed by atoms with Crippen molar-refractivity contribution in [1.82, 2.24) is 9.97 Å². The molecule has 0 radical (unpaired) electrons. The van der Waals surface area contributed by atoms with Crippen LogP contribution in [0.1, 0.15) is 56.8 Å². The van der Waals surface area contributed by atoms with E-state index in [1.165, 1.54) is 32.1 Å². The van der Waals surface area contributed by atoms with Crippen LogP contribution in [0.2, 0.25) is 0 Å². The minimum atomic E-state index is 0.308. The predicted molar refractivity (Wildman–Crippen MR) is 101 cm³/mol. The fourth-order valence-corrected chi connectivity index (χ4v) is 3.98. The van der Waals surface area contributed by atoms with Gasteiger partial charge in [0.2, 0.25) is 0 Å². The molecule has 1 saturated carbocycles. The Bertz CT molecular complexity index is 705. The van der Waals surface area contributed by atoms with E-state index in [9.17, 15) is 4.79 Å². The Morgan fingerprint density at radius 1 is 1.16 bits per heavy atom. The minimum Gasteiger partial charge on any atom is -0.299 e. The van der Waals surface area contributed by atoms with E-state index in [4.69, 9.17) is 0 Å². The van der Waals surface area contributed by atoms with E-state index in [0.717, 1.165) is 28.6 Å². The summed E-state index contributed by atoms with van der Waals surface area (Å²) in [6, 6.07) is 10.1. The van der Waals surface area contributed by atoms with Crippen LogP contribution in [-0.2, 0) is 11.2 Å². The maximum Gasteiger partial charge on any atom is 0.137 e. The summed E-state index contributed by atoms with van der Waals surface area (Å²) in [5.74, 6) is 2.26. The van der Waals surface area contributed by atoms with Gasteiger partial charge >= 0.3 is 0 Å². The Labute approximate surface area is 150 Å². The van der Waals surface area contributed by atoms with Crippen molar-refractivity contribution in [3.05, 3.63) is 47.9 Å². The predicted octanol–water partition coefficient (Wildman–Crippen LogP) is 5.17. The summed E-state index contributed by atoms with van der Waals surface area (Å²) in [5, 5.41) is 0. The first kappa shape index (κ1) is 17.8. The lowest BCUT2D eigenvalue weighted by Crippen LogP contribution is -2.19. The van der Waals surface area contributed by atoms with Gasteiger partial charge < -0.3 is 0 Å². The number of hydrogen-bond acceptors (Lipinski definition) is 3. The summed E-state index contributed by atoms with van der Waals surface area (Å²) in [5.41, 5.74) is 2.89. The van der Waals surface area contributed by atoms with Crippen LogP contribution in [0.5, 0.6) is 0 Å². The van der Waals surface area contributed by atoms with Crippen molar-refractivity contribution < 1.29 is 4.79 Å². The van der Waals surface area contributed by atoms with E-state index in [1.807, 2.05) is 43.5 Å². The van der Waals surface area contributed by atoms with E-state index >= 15 is 0 Å². The molecule has 1 aromatic heterocycles. The number of carbonyl (C=O) groups is 1. The van der Waals surface area contributed by atoms with Crippen molar-refractivity contribution >= 4 is 5.78 Å². The quantitative estimate of drug-likeness (QED) is 0.731. The highest BCUT2D eigenvalue weighted by molar-refractivity contribution is 5.83. The molecule has 0 bridgehead atoms. The van der Waals surface area contributed by atoms with Crippen LogP contribution in [0.4, 0.5) is 0 Å². The second kappa shape index (κ2) is 8.37. The number of aryl methyl sites for hydroxylation is 1. The summed E-state index contributed by atoms with van der Waals surface area (Å²) in [7, 11) is 0. The average Bonchev–Trinajstić information content (AvgIpc) is 2.64. The third kappa shape index (κ3) is 4.75. The Balaban J connectivity index is 1.71. The van der Waals surface area contributed by atoms with Crippen LogP contribution in [0, 0.1) is 18.8 Å². The molecule has 1 fully saturated rings. The molecule has 1 atom stereocenters. The van der Waals surface area contributed by atoms with E-state index < -0.39 is 0 Å². The lowest BCUT2D eigenvalue weighted by atomic mass is 9.78. The van der Waals surface area contributed by atoms with Gasteiger partial charge in [-0.3, -0.25) is 4.79 Å². The van der Waals surface area contributed by atoms with Crippen molar-refractivity contribution in [3.8, 4) is 11.3 Å². The molecular weight excluding hydrogens is 308 g/mol. The molecule has 25 heavy (non-hydrogen) atoms. The van der Waals surface area contributed by atoms with Gasteiger partial charge in [0.1, 0.15) is 11.6 Å². The molecule has 3 rings (SSSR count). The van der Waals surface area contributed by atoms with Gasteiger partial charge in [-0.2, -0.15) is 0 Å². The van der Waals surface area contributed by atoms with Crippen LogP contribution in [0.25, 0.3) is 11.3 Å². The second-order valence-electron chi connectivity index (χ2n) is 7.45. The normalized spacial score (nSPS) is 16.6. The fraction of sp³-hybridized carbons (Fsp3) is 0.500. The molecular formula is C22H28N2O. The highest BCUT2D eigenvalue weighted by Crippen LogP contribution is 2.32. The Kier molecular flexibility index (Phi) is 5.95. The maximum atomic E-state index is 12.7. The Hall–Kier alpha value is -2.03. The van der Waals surface area contributed by atoms with E-state index in [2.05, 4.69) is 16.9 Å². The molecule has 3 heteroatoms. The number of Topliss-reactive ketones (excluding diaryl/α,β-unsaturated/α-hetero) is 1. The van der Waals surface area contributed by atoms with Crippen LogP contribution in [-0.4, -0.2) is 15.8 Å². The van der Waals surface area contributed by atoms with Crippen LogP contribution >= 0.6 is 0 Å². The van der Waals surface area contributed by atoms with Crippen molar-refractivity contribution in [2.24, 2.45) is 11.8 Å². The molecule has 0 spiro atoms. The lowest BCUT2D eigenvalue weighted by Gasteiger charge is -2.27. The molecule has 0 aliphatic heterocycles. The molecule has 1 heterocycles.